The minimum absolute atomic E-state index is 0.161. The van der Waals surface area contributed by atoms with E-state index in [0.29, 0.717) is 11.3 Å². The van der Waals surface area contributed by atoms with Gasteiger partial charge in [0.05, 0.1) is 5.41 Å². The van der Waals surface area contributed by atoms with Gasteiger partial charge in [0.1, 0.15) is 0 Å². The van der Waals surface area contributed by atoms with Gasteiger partial charge in [0, 0.05) is 13.1 Å². The molecule has 5 aliphatic carbocycles. The van der Waals surface area contributed by atoms with Crippen LogP contribution in [0.4, 0.5) is 0 Å². The minimum atomic E-state index is 0.161. The van der Waals surface area contributed by atoms with Gasteiger partial charge < -0.3 is 4.90 Å². The summed E-state index contributed by atoms with van der Waals surface area (Å²) in [4.78, 5) is 14.6. The maximum absolute atomic E-state index is 12.6. The monoisotopic (exact) mass is 205 g/mol. The molecule has 15 heavy (non-hydrogen) atoms. The van der Waals surface area contributed by atoms with Crippen LogP contribution in [0.15, 0.2) is 0 Å². The smallest absolute Gasteiger partial charge is 0.229 e. The van der Waals surface area contributed by atoms with Gasteiger partial charge in [0.15, 0.2) is 0 Å². The summed E-state index contributed by atoms with van der Waals surface area (Å²) < 4.78 is 0. The highest BCUT2D eigenvalue weighted by molar-refractivity contribution is 5.93. The van der Waals surface area contributed by atoms with Gasteiger partial charge >= 0.3 is 0 Å². The molecule has 0 aromatic heterocycles. The number of carbonyl (C=O) groups is 1. The molecule has 5 rings (SSSR count). The van der Waals surface area contributed by atoms with Crippen LogP contribution >= 0.6 is 0 Å². The summed E-state index contributed by atoms with van der Waals surface area (Å²) in [6, 6.07) is 0. The Morgan fingerprint density at radius 2 is 1.93 bits per heavy atom. The summed E-state index contributed by atoms with van der Waals surface area (Å²) in [6.45, 7) is 8.37. The highest BCUT2D eigenvalue weighted by Gasteiger charge is 3.04. The molecule has 0 aromatic carbocycles. The van der Waals surface area contributed by atoms with Crippen LogP contribution in [0.3, 0.4) is 0 Å². The lowest BCUT2D eigenvalue weighted by molar-refractivity contribution is -0.143. The molecule has 2 bridgehead atoms. The zero-order valence-corrected chi connectivity index (χ0v) is 9.79. The second-order valence-corrected chi connectivity index (χ2v) is 6.13. The maximum Gasteiger partial charge on any atom is 0.229 e. The van der Waals surface area contributed by atoms with Gasteiger partial charge in [0.25, 0.3) is 0 Å². The van der Waals surface area contributed by atoms with Crippen LogP contribution in [-0.2, 0) is 4.79 Å². The molecule has 82 valence electrons. The summed E-state index contributed by atoms with van der Waals surface area (Å²) in [5, 5.41) is 0. The molecule has 6 atom stereocenters. The molecule has 1 amide bonds. The van der Waals surface area contributed by atoms with Gasteiger partial charge in [-0.05, 0) is 49.4 Å². The lowest BCUT2D eigenvalue weighted by atomic mass is 9.72. The predicted molar refractivity (Wildman–Crippen MR) is 57.0 cm³/mol. The molecule has 5 fully saturated rings. The molecule has 5 saturated carbocycles. The largest absolute Gasteiger partial charge is 0.343 e. The van der Waals surface area contributed by atoms with Crippen molar-refractivity contribution in [2.75, 3.05) is 13.1 Å². The first kappa shape index (κ1) is 8.60. The summed E-state index contributed by atoms with van der Waals surface area (Å²) >= 11 is 0. The van der Waals surface area contributed by atoms with Crippen LogP contribution in [0.25, 0.3) is 0 Å². The fraction of sp³-hybridized carbons (Fsp3) is 0.923. The van der Waals surface area contributed by atoms with E-state index in [1.165, 1.54) is 6.42 Å². The quantitative estimate of drug-likeness (QED) is 0.687. The van der Waals surface area contributed by atoms with E-state index in [-0.39, 0.29) is 5.41 Å². The van der Waals surface area contributed by atoms with Gasteiger partial charge in [0.2, 0.25) is 5.91 Å². The Labute approximate surface area is 91.0 Å². The lowest BCUT2D eigenvalue weighted by Gasteiger charge is -2.36. The molecule has 0 spiro atoms. The predicted octanol–water partition coefficient (Wildman–Crippen LogP) is 1.76. The van der Waals surface area contributed by atoms with Crippen molar-refractivity contribution < 1.29 is 4.79 Å². The number of carbonyl (C=O) groups excluding carboxylic acids is 1. The van der Waals surface area contributed by atoms with E-state index in [9.17, 15) is 4.79 Å². The van der Waals surface area contributed by atoms with Crippen molar-refractivity contribution in [1.29, 1.82) is 0 Å². The molecule has 0 heterocycles. The van der Waals surface area contributed by atoms with E-state index in [2.05, 4.69) is 25.7 Å². The zero-order valence-electron chi connectivity index (χ0n) is 9.79. The number of rotatable bonds is 3. The Hall–Kier alpha value is -0.530. The van der Waals surface area contributed by atoms with Gasteiger partial charge in [-0.3, -0.25) is 4.79 Å². The fourth-order valence-electron chi connectivity index (χ4n) is 5.83. The van der Waals surface area contributed by atoms with Crippen LogP contribution in [0.5, 0.6) is 0 Å². The molecular formula is C13H19NO. The second kappa shape index (κ2) is 1.99. The Kier molecular flexibility index (Phi) is 1.14. The number of amides is 1. The minimum Gasteiger partial charge on any atom is -0.343 e. The van der Waals surface area contributed by atoms with E-state index in [4.69, 9.17) is 0 Å². The van der Waals surface area contributed by atoms with Crippen molar-refractivity contribution in [2.24, 2.45) is 34.5 Å². The number of hydrogen-bond donors (Lipinski definition) is 0. The summed E-state index contributed by atoms with van der Waals surface area (Å²) in [5.41, 5.74) is 0.621. The van der Waals surface area contributed by atoms with Crippen LogP contribution in [-0.4, -0.2) is 23.9 Å². The molecule has 0 saturated heterocycles. The van der Waals surface area contributed by atoms with Gasteiger partial charge in [-0.1, -0.05) is 6.92 Å². The third kappa shape index (κ3) is 0.518. The van der Waals surface area contributed by atoms with Crippen molar-refractivity contribution in [3.63, 3.8) is 0 Å². The average molecular weight is 205 g/mol. The van der Waals surface area contributed by atoms with Crippen molar-refractivity contribution >= 4 is 5.91 Å². The first-order valence-electron chi connectivity index (χ1n) is 6.45. The van der Waals surface area contributed by atoms with Crippen LogP contribution < -0.4 is 0 Å². The van der Waals surface area contributed by atoms with Crippen molar-refractivity contribution in [3.8, 4) is 0 Å². The molecule has 5 aliphatic rings. The molecule has 2 nitrogen and oxygen atoms in total. The number of nitrogens with zero attached hydrogens (tertiary/aromatic N) is 1. The molecule has 0 aliphatic heterocycles. The second-order valence-electron chi connectivity index (χ2n) is 6.13. The van der Waals surface area contributed by atoms with E-state index in [1.54, 1.807) is 0 Å². The Morgan fingerprint density at radius 1 is 1.27 bits per heavy atom. The third-order valence-corrected chi connectivity index (χ3v) is 6.41. The van der Waals surface area contributed by atoms with Crippen molar-refractivity contribution in [3.05, 3.63) is 0 Å². The van der Waals surface area contributed by atoms with Gasteiger partial charge in [-0.15, -0.1) is 0 Å². The Bertz CT molecular complexity index is 363. The van der Waals surface area contributed by atoms with Crippen molar-refractivity contribution in [2.45, 2.75) is 27.2 Å². The Balaban J connectivity index is 1.68. The SMILES string of the molecule is CCN(CC)C(=O)C12C3CC4C(C31)C42C. The first-order chi connectivity index (χ1) is 7.15. The third-order valence-electron chi connectivity index (χ3n) is 6.41. The lowest BCUT2D eigenvalue weighted by Crippen LogP contribution is -2.46. The number of hydrogen-bond acceptors (Lipinski definition) is 1. The molecule has 0 radical (unpaired) electrons. The van der Waals surface area contributed by atoms with E-state index < -0.39 is 0 Å². The zero-order chi connectivity index (χ0) is 10.6. The molecule has 6 unspecified atom stereocenters. The van der Waals surface area contributed by atoms with Gasteiger partial charge in [-0.25, -0.2) is 0 Å². The van der Waals surface area contributed by atoms with Crippen LogP contribution in [0.1, 0.15) is 27.2 Å². The van der Waals surface area contributed by atoms with Gasteiger partial charge in [-0.2, -0.15) is 0 Å². The summed E-state index contributed by atoms with van der Waals surface area (Å²) in [6.07, 6.45) is 1.37. The summed E-state index contributed by atoms with van der Waals surface area (Å²) in [5.74, 6) is 4.02. The topological polar surface area (TPSA) is 20.3 Å². The highest BCUT2D eigenvalue weighted by Crippen LogP contribution is 3.04. The molecule has 0 N–H and O–H groups in total. The van der Waals surface area contributed by atoms with E-state index in [0.717, 1.165) is 36.8 Å². The highest BCUT2D eigenvalue weighted by atomic mass is 16.2. The fourth-order valence-corrected chi connectivity index (χ4v) is 5.83. The standard InChI is InChI=1S/C13H19NO/c1-4-14(5-2)11(15)13-8-6-7-9(10(8)13)12(7,13)3/h7-10H,4-6H2,1-3H3. The maximum atomic E-state index is 12.6. The van der Waals surface area contributed by atoms with Crippen LogP contribution in [0, 0.1) is 34.5 Å². The molecule has 2 heteroatoms. The normalized spacial score (nSPS) is 60.7. The molecular weight excluding hydrogens is 186 g/mol. The summed E-state index contributed by atoms with van der Waals surface area (Å²) in [7, 11) is 0. The first-order valence-corrected chi connectivity index (χ1v) is 6.45. The molecule has 0 aromatic rings. The average Bonchev–Trinajstić information content (AvgIpc) is 2.83. The Morgan fingerprint density at radius 3 is 2.27 bits per heavy atom. The van der Waals surface area contributed by atoms with E-state index in [1.807, 2.05) is 0 Å². The van der Waals surface area contributed by atoms with E-state index >= 15 is 0 Å². The van der Waals surface area contributed by atoms with Crippen molar-refractivity contribution in [1.82, 2.24) is 4.90 Å². The van der Waals surface area contributed by atoms with Crippen LogP contribution in [0.2, 0.25) is 0 Å².